The number of nitrogens with zero attached hydrogens (tertiary/aromatic N) is 2. The summed E-state index contributed by atoms with van der Waals surface area (Å²) in [4.78, 5) is 4.37. The zero-order valence-corrected chi connectivity index (χ0v) is 8.77. The molecular formula is C12H16N2. The number of imidazole rings is 1. The first-order valence-corrected chi connectivity index (χ1v) is 5.21. The van der Waals surface area contributed by atoms with Gasteiger partial charge in [-0.2, -0.15) is 0 Å². The Balaban J connectivity index is 2.33. The van der Waals surface area contributed by atoms with Crippen molar-refractivity contribution < 1.29 is 0 Å². The number of fused-ring (bicyclic) bond motifs is 1. The van der Waals surface area contributed by atoms with E-state index in [2.05, 4.69) is 41.6 Å². The Morgan fingerprint density at radius 3 is 2.93 bits per heavy atom. The second kappa shape index (κ2) is 3.82. The molecule has 2 rings (SSSR count). The van der Waals surface area contributed by atoms with Crippen LogP contribution in [0.15, 0.2) is 30.6 Å². The molecule has 2 heteroatoms. The Morgan fingerprint density at radius 2 is 2.14 bits per heavy atom. The quantitative estimate of drug-likeness (QED) is 0.723. The van der Waals surface area contributed by atoms with Crippen LogP contribution in [0.3, 0.4) is 0 Å². The molecule has 0 aliphatic heterocycles. The first-order chi connectivity index (χ1) is 6.81. The third-order valence-corrected chi connectivity index (χ3v) is 2.73. The van der Waals surface area contributed by atoms with Gasteiger partial charge in [0.25, 0.3) is 0 Å². The van der Waals surface area contributed by atoms with Gasteiger partial charge in [-0.3, -0.25) is 0 Å². The van der Waals surface area contributed by atoms with Crippen molar-refractivity contribution in [1.29, 1.82) is 0 Å². The van der Waals surface area contributed by atoms with Crippen molar-refractivity contribution in [3.05, 3.63) is 30.6 Å². The molecule has 0 spiro atoms. The molecule has 14 heavy (non-hydrogen) atoms. The van der Waals surface area contributed by atoms with E-state index in [9.17, 15) is 0 Å². The molecule has 1 unspecified atom stereocenters. The summed E-state index contributed by atoms with van der Waals surface area (Å²) in [5.74, 6) is 0.715. The van der Waals surface area contributed by atoms with Gasteiger partial charge in [-0.1, -0.05) is 32.4 Å². The Morgan fingerprint density at radius 1 is 1.36 bits per heavy atom. The van der Waals surface area contributed by atoms with E-state index in [0.717, 1.165) is 12.1 Å². The molecule has 0 fully saturated rings. The second-order valence-electron chi connectivity index (χ2n) is 3.90. The molecule has 0 aliphatic carbocycles. The van der Waals surface area contributed by atoms with Crippen LogP contribution < -0.4 is 0 Å². The highest BCUT2D eigenvalue weighted by Crippen LogP contribution is 2.14. The number of para-hydroxylation sites is 2. The monoisotopic (exact) mass is 188 g/mol. The first-order valence-electron chi connectivity index (χ1n) is 5.21. The van der Waals surface area contributed by atoms with E-state index in [4.69, 9.17) is 0 Å². The Hall–Kier alpha value is -1.31. The number of hydrogen-bond donors (Lipinski definition) is 0. The van der Waals surface area contributed by atoms with E-state index in [0.29, 0.717) is 5.92 Å². The molecule has 1 heterocycles. The van der Waals surface area contributed by atoms with Crippen LogP contribution in [0.25, 0.3) is 11.0 Å². The number of aromatic nitrogens is 2. The molecule has 0 saturated carbocycles. The molecule has 1 aromatic carbocycles. The number of hydrogen-bond acceptors (Lipinski definition) is 1. The van der Waals surface area contributed by atoms with E-state index in [1.807, 2.05) is 12.4 Å². The van der Waals surface area contributed by atoms with Gasteiger partial charge in [-0.25, -0.2) is 4.98 Å². The zero-order valence-electron chi connectivity index (χ0n) is 8.77. The van der Waals surface area contributed by atoms with Gasteiger partial charge in [0.15, 0.2) is 0 Å². The van der Waals surface area contributed by atoms with Crippen molar-refractivity contribution in [3.63, 3.8) is 0 Å². The normalized spacial score (nSPS) is 13.3. The molecule has 1 aromatic heterocycles. The summed E-state index contributed by atoms with van der Waals surface area (Å²) < 4.78 is 2.24. The van der Waals surface area contributed by atoms with Crippen LogP contribution in [0.5, 0.6) is 0 Å². The fraction of sp³-hybridized carbons (Fsp3) is 0.417. The van der Waals surface area contributed by atoms with Crippen LogP contribution >= 0.6 is 0 Å². The minimum Gasteiger partial charge on any atom is -0.330 e. The highest BCUT2D eigenvalue weighted by molar-refractivity contribution is 5.74. The summed E-state index contributed by atoms with van der Waals surface area (Å²) >= 11 is 0. The van der Waals surface area contributed by atoms with Crippen LogP contribution in [0.4, 0.5) is 0 Å². The molecule has 0 N–H and O–H groups in total. The van der Waals surface area contributed by atoms with Crippen molar-refractivity contribution in [3.8, 4) is 0 Å². The van der Waals surface area contributed by atoms with E-state index < -0.39 is 0 Å². The van der Waals surface area contributed by atoms with Gasteiger partial charge in [0, 0.05) is 6.54 Å². The standard InChI is InChI=1S/C12H16N2/c1-3-10(2)8-14-9-13-11-6-4-5-7-12(11)14/h4-7,9-10H,3,8H2,1-2H3. The molecule has 0 radical (unpaired) electrons. The first kappa shape index (κ1) is 9.25. The summed E-state index contributed by atoms with van der Waals surface area (Å²) in [5, 5.41) is 0. The molecule has 2 aromatic rings. The fourth-order valence-electron chi connectivity index (χ4n) is 1.62. The zero-order chi connectivity index (χ0) is 9.97. The third kappa shape index (κ3) is 1.65. The van der Waals surface area contributed by atoms with Gasteiger partial charge in [-0.05, 0) is 18.1 Å². The van der Waals surface area contributed by atoms with Crippen LogP contribution in [0, 0.1) is 5.92 Å². The van der Waals surface area contributed by atoms with Crippen molar-refractivity contribution in [2.75, 3.05) is 0 Å². The lowest BCUT2D eigenvalue weighted by molar-refractivity contribution is 0.476. The van der Waals surface area contributed by atoms with Gasteiger partial charge < -0.3 is 4.57 Å². The molecule has 0 bridgehead atoms. The summed E-state index contributed by atoms with van der Waals surface area (Å²) in [6, 6.07) is 8.28. The van der Waals surface area contributed by atoms with Crippen LogP contribution in [-0.2, 0) is 6.54 Å². The number of rotatable bonds is 3. The molecule has 74 valence electrons. The van der Waals surface area contributed by atoms with Crippen molar-refractivity contribution in [2.45, 2.75) is 26.8 Å². The summed E-state index contributed by atoms with van der Waals surface area (Å²) in [6.45, 7) is 5.57. The molecule has 0 saturated heterocycles. The van der Waals surface area contributed by atoms with Crippen LogP contribution in [0.1, 0.15) is 20.3 Å². The maximum absolute atomic E-state index is 4.37. The fourth-order valence-corrected chi connectivity index (χ4v) is 1.62. The van der Waals surface area contributed by atoms with Gasteiger partial charge in [-0.15, -0.1) is 0 Å². The minimum atomic E-state index is 0.715. The SMILES string of the molecule is CCC(C)Cn1cnc2ccccc21. The van der Waals surface area contributed by atoms with E-state index in [1.165, 1.54) is 11.9 Å². The molecule has 0 amide bonds. The van der Waals surface area contributed by atoms with Crippen molar-refractivity contribution in [2.24, 2.45) is 5.92 Å². The average Bonchev–Trinajstić information content (AvgIpc) is 2.62. The lowest BCUT2D eigenvalue weighted by atomic mass is 10.1. The highest BCUT2D eigenvalue weighted by Gasteiger charge is 2.04. The topological polar surface area (TPSA) is 17.8 Å². The van der Waals surface area contributed by atoms with Crippen molar-refractivity contribution >= 4 is 11.0 Å². The van der Waals surface area contributed by atoms with E-state index in [1.54, 1.807) is 0 Å². The lowest BCUT2D eigenvalue weighted by Crippen LogP contribution is -2.05. The molecule has 1 atom stereocenters. The lowest BCUT2D eigenvalue weighted by Gasteiger charge is -2.09. The number of benzene rings is 1. The molecule has 2 nitrogen and oxygen atoms in total. The van der Waals surface area contributed by atoms with Gasteiger partial charge in [0.2, 0.25) is 0 Å². The smallest absolute Gasteiger partial charge is 0.0958 e. The summed E-state index contributed by atoms with van der Waals surface area (Å²) in [6.07, 6.45) is 3.16. The molecular weight excluding hydrogens is 172 g/mol. The Kier molecular flexibility index (Phi) is 2.53. The third-order valence-electron chi connectivity index (χ3n) is 2.73. The summed E-state index contributed by atoms with van der Waals surface area (Å²) in [5.41, 5.74) is 2.34. The highest BCUT2D eigenvalue weighted by atomic mass is 15.0. The second-order valence-corrected chi connectivity index (χ2v) is 3.90. The predicted octanol–water partition coefficient (Wildman–Crippen LogP) is 3.08. The van der Waals surface area contributed by atoms with E-state index in [-0.39, 0.29) is 0 Å². The van der Waals surface area contributed by atoms with E-state index >= 15 is 0 Å². The predicted molar refractivity (Wildman–Crippen MR) is 59.2 cm³/mol. The largest absolute Gasteiger partial charge is 0.330 e. The summed E-state index contributed by atoms with van der Waals surface area (Å²) in [7, 11) is 0. The maximum atomic E-state index is 4.37. The Bertz CT molecular complexity index is 417. The van der Waals surface area contributed by atoms with Crippen molar-refractivity contribution in [1.82, 2.24) is 9.55 Å². The maximum Gasteiger partial charge on any atom is 0.0958 e. The van der Waals surface area contributed by atoms with Gasteiger partial charge >= 0.3 is 0 Å². The van der Waals surface area contributed by atoms with Crippen LogP contribution in [-0.4, -0.2) is 9.55 Å². The average molecular weight is 188 g/mol. The van der Waals surface area contributed by atoms with Crippen LogP contribution in [0.2, 0.25) is 0 Å². The minimum absolute atomic E-state index is 0.715. The Labute approximate surface area is 84.6 Å². The molecule has 0 aliphatic rings. The van der Waals surface area contributed by atoms with Gasteiger partial charge in [0.05, 0.1) is 17.4 Å². The van der Waals surface area contributed by atoms with Gasteiger partial charge in [0.1, 0.15) is 0 Å².